The Morgan fingerprint density at radius 1 is 1.29 bits per heavy atom. The van der Waals surface area contributed by atoms with Crippen molar-refractivity contribution in [1.82, 2.24) is 19.4 Å². The summed E-state index contributed by atoms with van der Waals surface area (Å²) in [6.45, 7) is 2.43. The number of nitrogens with one attached hydrogen (secondary N) is 1. The first-order chi connectivity index (χ1) is 11.5. The third kappa shape index (κ3) is 3.41. The SMILES string of the molecule is COc1ccc(Cl)cc1-n1cc(S(=O)(=O)N2CCCNCC2)cn1. The highest BCUT2D eigenvalue weighted by molar-refractivity contribution is 7.89. The van der Waals surface area contributed by atoms with E-state index in [1.165, 1.54) is 28.5 Å². The first-order valence-corrected chi connectivity index (χ1v) is 9.43. The molecule has 7 nitrogen and oxygen atoms in total. The van der Waals surface area contributed by atoms with Crippen LogP contribution in [0.15, 0.2) is 35.5 Å². The maximum absolute atomic E-state index is 12.8. The van der Waals surface area contributed by atoms with Crippen molar-refractivity contribution >= 4 is 21.6 Å². The number of hydrogen-bond donors (Lipinski definition) is 1. The Labute approximate surface area is 146 Å². The number of methoxy groups -OCH3 is 1. The van der Waals surface area contributed by atoms with Crippen molar-refractivity contribution in [1.29, 1.82) is 0 Å². The summed E-state index contributed by atoms with van der Waals surface area (Å²) in [5, 5.41) is 7.89. The Morgan fingerprint density at radius 2 is 2.12 bits per heavy atom. The van der Waals surface area contributed by atoms with Crippen LogP contribution < -0.4 is 10.1 Å². The highest BCUT2D eigenvalue weighted by Gasteiger charge is 2.26. The van der Waals surface area contributed by atoms with Crippen molar-refractivity contribution < 1.29 is 13.2 Å². The van der Waals surface area contributed by atoms with Crippen LogP contribution in [0.5, 0.6) is 5.75 Å². The van der Waals surface area contributed by atoms with Gasteiger partial charge in [0.2, 0.25) is 10.0 Å². The van der Waals surface area contributed by atoms with Gasteiger partial charge in [-0.15, -0.1) is 0 Å². The smallest absolute Gasteiger partial charge is 0.246 e. The van der Waals surface area contributed by atoms with Crippen LogP contribution in [0.1, 0.15) is 6.42 Å². The van der Waals surface area contributed by atoms with E-state index in [-0.39, 0.29) is 4.90 Å². The van der Waals surface area contributed by atoms with Crippen LogP contribution in [-0.4, -0.2) is 55.8 Å². The fourth-order valence-corrected chi connectivity index (χ4v) is 4.20. The molecule has 3 rings (SSSR count). The van der Waals surface area contributed by atoms with Crippen molar-refractivity contribution in [3.05, 3.63) is 35.6 Å². The number of aromatic nitrogens is 2. The van der Waals surface area contributed by atoms with Crippen LogP contribution in [-0.2, 0) is 10.0 Å². The summed E-state index contributed by atoms with van der Waals surface area (Å²) >= 11 is 6.03. The van der Waals surface area contributed by atoms with Gasteiger partial charge in [-0.25, -0.2) is 13.1 Å². The zero-order valence-corrected chi connectivity index (χ0v) is 14.8. The lowest BCUT2D eigenvalue weighted by Gasteiger charge is -2.18. The molecule has 1 aliphatic heterocycles. The molecule has 0 aliphatic carbocycles. The number of halogens is 1. The predicted molar refractivity (Wildman–Crippen MR) is 91.4 cm³/mol. The Bertz CT molecular complexity index is 814. The van der Waals surface area contributed by atoms with Crippen molar-refractivity contribution in [2.45, 2.75) is 11.3 Å². The van der Waals surface area contributed by atoms with E-state index in [4.69, 9.17) is 16.3 Å². The summed E-state index contributed by atoms with van der Waals surface area (Å²) in [6, 6.07) is 5.10. The predicted octanol–water partition coefficient (Wildman–Crippen LogP) is 1.52. The van der Waals surface area contributed by atoms with Crippen molar-refractivity contribution in [2.24, 2.45) is 0 Å². The molecule has 1 aliphatic rings. The van der Waals surface area contributed by atoms with Crippen molar-refractivity contribution in [3.63, 3.8) is 0 Å². The average Bonchev–Trinajstić information content (AvgIpc) is 2.90. The number of ether oxygens (including phenoxy) is 1. The fourth-order valence-electron chi connectivity index (χ4n) is 2.62. The third-order valence-corrected chi connectivity index (χ3v) is 5.97. The van der Waals surface area contributed by atoms with Crippen LogP contribution in [0.3, 0.4) is 0 Å². The Balaban J connectivity index is 1.94. The van der Waals surface area contributed by atoms with Gasteiger partial charge in [-0.2, -0.15) is 9.40 Å². The van der Waals surface area contributed by atoms with Crippen LogP contribution >= 0.6 is 11.6 Å². The van der Waals surface area contributed by atoms with Gasteiger partial charge in [-0.3, -0.25) is 0 Å². The summed E-state index contributed by atoms with van der Waals surface area (Å²) in [6.07, 6.45) is 3.63. The van der Waals surface area contributed by atoms with Gasteiger partial charge < -0.3 is 10.1 Å². The van der Waals surface area contributed by atoms with E-state index < -0.39 is 10.0 Å². The Morgan fingerprint density at radius 3 is 2.92 bits per heavy atom. The number of hydrogen-bond acceptors (Lipinski definition) is 5. The minimum absolute atomic E-state index is 0.159. The van der Waals surface area contributed by atoms with Gasteiger partial charge in [0.05, 0.1) is 19.5 Å². The minimum atomic E-state index is -3.57. The maximum atomic E-state index is 12.8. The second-order valence-corrected chi connectivity index (χ2v) is 7.82. The van der Waals surface area contributed by atoms with E-state index in [0.29, 0.717) is 36.1 Å². The summed E-state index contributed by atoms with van der Waals surface area (Å²) in [5.74, 6) is 0.561. The molecule has 1 saturated heterocycles. The summed E-state index contributed by atoms with van der Waals surface area (Å²) in [5.41, 5.74) is 0.587. The molecule has 1 aromatic heterocycles. The zero-order chi connectivity index (χ0) is 17.2. The molecule has 2 heterocycles. The molecule has 1 fully saturated rings. The molecule has 0 spiro atoms. The van der Waals surface area contributed by atoms with E-state index in [1.54, 1.807) is 18.2 Å². The number of benzene rings is 1. The van der Waals surface area contributed by atoms with Gasteiger partial charge in [0.25, 0.3) is 0 Å². The molecule has 9 heteroatoms. The van der Waals surface area contributed by atoms with E-state index in [0.717, 1.165) is 13.0 Å². The maximum Gasteiger partial charge on any atom is 0.246 e. The van der Waals surface area contributed by atoms with Gasteiger partial charge >= 0.3 is 0 Å². The number of rotatable bonds is 4. The first kappa shape index (κ1) is 17.2. The molecule has 0 bridgehead atoms. The molecule has 1 N–H and O–H groups in total. The van der Waals surface area contributed by atoms with Crippen LogP contribution in [0, 0.1) is 0 Å². The quantitative estimate of drug-likeness (QED) is 0.883. The van der Waals surface area contributed by atoms with Crippen LogP contribution in [0.4, 0.5) is 0 Å². The second-order valence-electron chi connectivity index (χ2n) is 5.44. The zero-order valence-electron chi connectivity index (χ0n) is 13.3. The van der Waals surface area contributed by atoms with Gasteiger partial charge in [-0.1, -0.05) is 11.6 Å². The monoisotopic (exact) mass is 370 g/mol. The standard InChI is InChI=1S/C15H19ClN4O3S/c1-23-15-4-3-12(16)9-14(15)20-11-13(10-18-20)24(21,22)19-7-2-5-17-6-8-19/h3-4,9-11,17H,2,5-8H2,1H3. The molecular weight excluding hydrogens is 352 g/mol. The minimum Gasteiger partial charge on any atom is -0.494 e. The third-order valence-electron chi connectivity index (χ3n) is 3.88. The molecule has 0 amide bonds. The summed E-state index contributed by atoms with van der Waals surface area (Å²) in [4.78, 5) is 0.159. The molecule has 2 aromatic rings. The molecular formula is C15H19ClN4O3S. The van der Waals surface area contributed by atoms with E-state index in [9.17, 15) is 8.42 Å². The van der Waals surface area contributed by atoms with Crippen LogP contribution in [0.2, 0.25) is 5.02 Å². The van der Waals surface area contributed by atoms with E-state index in [1.807, 2.05) is 0 Å². The van der Waals surface area contributed by atoms with Crippen molar-refractivity contribution in [3.8, 4) is 11.4 Å². The van der Waals surface area contributed by atoms with E-state index in [2.05, 4.69) is 10.4 Å². The lowest BCUT2D eigenvalue weighted by Crippen LogP contribution is -2.34. The van der Waals surface area contributed by atoms with Gasteiger partial charge in [0.1, 0.15) is 16.3 Å². The van der Waals surface area contributed by atoms with Gasteiger partial charge in [-0.05, 0) is 31.2 Å². The lowest BCUT2D eigenvalue weighted by atomic mass is 10.3. The molecule has 1 aromatic carbocycles. The molecule has 0 atom stereocenters. The molecule has 0 radical (unpaired) electrons. The Kier molecular flexibility index (Phi) is 5.09. The summed E-state index contributed by atoms with van der Waals surface area (Å²) < 4.78 is 33.8. The normalized spacial score (nSPS) is 16.8. The largest absolute Gasteiger partial charge is 0.494 e. The summed E-state index contributed by atoms with van der Waals surface area (Å²) in [7, 11) is -2.03. The second kappa shape index (κ2) is 7.10. The van der Waals surface area contributed by atoms with Crippen LogP contribution in [0.25, 0.3) is 5.69 Å². The topological polar surface area (TPSA) is 76.5 Å². The Hall–Kier alpha value is -1.61. The van der Waals surface area contributed by atoms with E-state index >= 15 is 0 Å². The number of nitrogens with zero attached hydrogens (tertiary/aromatic N) is 3. The van der Waals surface area contributed by atoms with Gasteiger partial charge in [0.15, 0.2) is 0 Å². The lowest BCUT2D eigenvalue weighted by molar-refractivity contribution is 0.411. The highest BCUT2D eigenvalue weighted by atomic mass is 35.5. The fraction of sp³-hybridized carbons (Fsp3) is 0.400. The van der Waals surface area contributed by atoms with Crippen molar-refractivity contribution in [2.75, 3.05) is 33.3 Å². The first-order valence-electron chi connectivity index (χ1n) is 7.62. The average molecular weight is 371 g/mol. The number of sulfonamides is 1. The molecule has 0 unspecified atom stereocenters. The van der Waals surface area contributed by atoms with Gasteiger partial charge in [0, 0.05) is 24.7 Å². The molecule has 24 heavy (non-hydrogen) atoms. The highest BCUT2D eigenvalue weighted by Crippen LogP contribution is 2.27. The molecule has 130 valence electrons. The molecule has 0 saturated carbocycles.